The Bertz CT molecular complexity index is 235. The van der Waals surface area contributed by atoms with Gasteiger partial charge in [-0.15, -0.1) is 0 Å². The van der Waals surface area contributed by atoms with Crippen molar-refractivity contribution in [1.82, 2.24) is 0 Å². The maximum atomic E-state index is 11.2. The van der Waals surface area contributed by atoms with Crippen molar-refractivity contribution >= 4 is 9.84 Å². The first-order chi connectivity index (χ1) is 6.37. The van der Waals surface area contributed by atoms with Crippen molar-refractivity contribution in [2.24, 2.45) is 11.7 Å². The van der Waals surface area contributed by atoms with E-state index in [0.717, 1.165) is 19.3 Å². The van der Waals surface area contributed by atoms with Crippen LogP contribution in [0, 0.1) is 5.92 Å². The van der Waals surface area contributed by atoms with Crippen molar-refractivity contribution in [3.8, 4) is 0 Å². The Hall–Kier alpha value is -0.0900. The Balaban J connectivity index is 3.64. The number of hydrogen-bond acceptors (Lipinski definition) is 3. The van der Waals surface area contributed by atoms with Crippen LogP contribution < -0.4 is 5.73 Å². The molecular formula is C10H23NO2S. The zero-order valence-electron chi connectivity index (χ0n) is 9.49. The summed E-state index contributed by atoms with van der Waals surface area (Å²) in [5.41, 5.74) is 5.66. The molecule has 0 radical (unpaired) electrons. The van der Waals surface area contributed by atoms with E-state index in [4.69, 9.17) is 5.73 Å². The lowest BCUT2D eigenvalue weighted by molar-refractivity contribution is 0.447. The Morgan fingerprint density at radius 3 is 2.29 bits per heavy atom. The SMILES string of the molecule is CCS(=O)(=O)CCCC(C)CC(C)N. The second-order valence-corrected chi connectivity index (χ2v) is 6.67. The molecular weight excluding hydrogens is 198 g/mol. The first-order valence-corrected chi connectivity index (χ1v) is 7.15. The fraction of sp³-hybridized carbons (Fsp3) is 1.00. The molecule has 0 saturated carbocycles. The summed E-state index contributed by atoms with van der Waals surface area (Å²) in [6.07, 6.45) is 2.71. The van der Waals surface area contributed by atoms with Crippen LogP contribution in [-0.2, 0) is 9.84 Å². The molecule has 14 heavy (non-hydrogen) atoms. The predicted molar refractivity (Wildman–Crippen MR) is 61.0 cm³/mol. The first kappa shape index (κ1) is 13.9. The van der Waals surface area contributed by atoms with Gasteiger partial charge in [0.2, 0.25) is 0 Å². The smallest absolute Gasteiger partial charge is 0.150 e. The molecule has 0 aromatic rings. The van der Waals surface area contributed by atoms with Gasteiger partial charge in [-0.2, -0.15) is 0 Å². The van der Waals surface area contributed by atoms with Gasteiger partial charge in [-0.25, -0.2) is 8.42 Å². The number of rotatable bonds is 7. The zero-order chi connectivity index (χ0) is 11.2. The maximum absolute atomic E-state index is 11.2. The van der Waals surface area contributed by atoms with Crippen molar-refractivity contribution in [1.29, 1.82) is 0 Å². The van der Waals surface area contributed by atoms with Crippen molar-refractivity contribution in [3.05, 3.63) is 0 Å². The molecule has 3 nitrogen and oxygen atoms in total. The molecule has 2 atom stereocenters. The van der Waals surface area contributed by atoms with Gasteiger partial charge in [-0.1, -0.05) is 13.8 Å². The lowest BCUT2D eigenvalue weighted by Crippen LogP contribution is -2.19. The van der Waals surface area contributed by atoms with Crippen LogP contribution >= 0.6 is 0 Å². The van der Waals surface area contributed by atoms with E-state index >= 15 is 0 Å². The molecule has 0 aliphatic carbocycles. The molecule has 0 spiro atoms. The summed E-state index contributed by atoms with van der Waals surface area (Å²) in [7, 11) is -2.77. The van der Waals surface area contributed by atoms with Gasteiger partial charge >= 0.3 is 0 Å². The van der Waals surface area contributed by atoms with Crippen LogP contribution in [0.3, 0.4) is 0 Å². The third-order valence-corrected chi connectivity index (χ3v) is 4.16. The van der Waals surface area contributed by atoms with Crippen LogP contribution in [-0.4, -0.2) is 26.0 Å². The van der Waals surface area contributed by atoms with E-state index in [9.17, 15) is 8.42 Å². The molecule has 4 heteroatoms. The van der Waals surface area contributed by atoms with Crippen LogP contribution in [0.5, 0.6) is 0 Å². The topological polar surface area (TPSA) is 60.2 Å². The van der Waals surface area contributed by atoms with E-state index in [-0.39, 0.29) is 11.8 Å². The van der Waals surface area contributed by atoms with Gasteiger partial charge in [0, 0.05) is 11.8 Å². The standard InChI is InChI=1S/C10H23NO2S/c1-4-14(12,13)7-5-6-9(2)8-10(3)11/h9-10H,4-8,11H2,1-3H3. The average Bonchev–Trinajstić information content (AvgIpc) is 2.02. The molecule has 86 valence electrons. The number of nitrogens with two attached hydrogens (primary N) is 1. The Labute approximate surface area is 88.0 Å². The van der Waals surface area contributed by atoms with Crippen LogP contribution in [0.1, 0.15) is 40.0 Å². The average molecular weight is 221 g/mol. The fourth-order valence-electron chi connectivity index (χ4n) is 1.55. The van der Waals surface area contributed by atoms with Crippen LogP contribution in [0.15, 0.2) is 0 Å². The van der Waals surface area contributed by atoms with Gasteiger partial charge in [-0.05, 0) is 32.1 Å². The molecule has 0 fully saturated rings. The van der Waals surface area contributed by atoms with Crippen molar-refractivity contribution in [2.75, 3.05) is 11.5 Å². The lowest BCUT2D eigenvalue weighted by Gasteiger charge is -2.13. The molecule has 0 bridgehead atoms. The number of hydrogen-bond donors (Lipinski definition) is 1. The first-order valence-electron chi connectivity index (χ1n) is 5.33. The molecule has 2 N–H and O–H groups in total. The maximum Gasteiger partial charge on any atom is 0.150 e. The quantitative estimate of drug-likeness (QED) is 0.710. The third-order valence-electron chi connectivity index (χ3n) is 2.37. The Kier molecular flexibility index (Phi) is 6.36. The summed E-state index contributed by atoms with van der Waals surface area (Å²) < 4.78 is 22.4. The van der Waals surface area contributed by atoms with E-state index in [2.05, 4.69) is 6.92 Å². The van der Waals surface area contributed by atoms with Crippen LogP contribution in [0.2, 0.25) is 0 Å². The summed E-state index contributed by atoms with van der Waals surface area (Å²) in [5, 5.41) is 0. The predicted octanol–water partition coefficient (Wildman–Crippen LogP) is 1.57. The van der Waals surface area contributed by atoms with Crippen LogP contribution in [0.4, 0.5) is 0 Å². The molecule has 0 heterocycles. The highest BCUT2D eigenvalue weighted by molar-refractivity contribution is 7.91. The Morgan fingerprint density at radius 2 is 1.86 bits per heavy atom. The van der Waals surface area contributed by atoms with Crippen LogP contribution in [0.25, 0.3) is 0 Å². The largest absolute Gasteiger partial charge is 0.328 e. The second-order valence-electron chi connectivity index (χ2n) is 4.20. The summed E-state index contributed by atoms with van der Waals surface area (Å²) in [6.45, 7) is 5.81. The summed E-state index contributed by atoms with van der Waals surface area (Å²) >= 11 is 0. The van der Waals surface area contributed by atoms with E-state index in [0.29, 0.717) is 11.7 Å². The summed E-state index contributed by atoms with van der Waals surface area (Å²) in [6, 6.07) is 0.216. The minimum atomic E-state index is -2.77. The van der Waals surface area contributed by atoms with Gasteiger partial charge in [-0.3, -0.25) is 0 Å². The monoisotopic (exact) mass is 221 g/mol. The molecule has 0 aromatic heterocycles. The highest BCUT2D eigenvalue weighted by atomic mass is 32.2. The van der Waals surface area contributed by atoms with E-state index in [1.165, 1.54) is 0 Å². The highest BCUT2D eigenvalue weighted by Crippen LogP contribution is 2.12. The van der Waals surface area contributed by atoms with E-state index < -0.39 is 9.84 Å². The zero-order valence-corrected chi connectivity index (χ0v) is 10.3. The normalized spacial score (nSPS) is 16.6. The Morgan fingerprint density at radius 1 is 1.29 bits per heavy atom. The summed E-state index contributed by atoms with van der Waals surface area (Å²) in [4.78, 5) is 0. The molecule has 2 unspecified atom stereocenters. The summed E-state index contributed by atoms with van der Waals surface area (Å²) in [5.74, 6) is 1.11. The van der Waals surface area contributed by atoms with Gasteiger partial charge in [0.1, 0.15) is 9.84 Å². The van der Waals surface area contributed by atoms with Gasteiger partial charge < -0.3 is 5.73 Å². The second kappa shape index (κ2) is 6.40. The van der Waals surface area contributed by atoms with E-state index in [1.807, 2.05) is 6.92 Å². The van der Waals surface area contributed by atoms with Gasteiger partial charge in [0.05, 0.1) is 5.75 Å². The molecule has 0 aromatic carbocycles. The van der Waals surface area contributed by atoms with Crippen molar-refractivity contribution in [3.63, 3.8) is 0 Å². The fourth-order valence-corrected chi connectivity index (χ4v) is 2.44. The minimum absolute atomic E-state index is 0.216. The van der Waals surface area contributed by atoms with E-state index in [1.54, 1.807) is 6.92 Å². The lowest BCUT2D eigenvalue weighted by atomic mass is 9.99. The molecule has 0 amide bonds. The minimum Gasteiger partial charge on any atom is -0.328 e. The molecule has 0 rings (SSSR count). The van der Waals surface area contributed by atoms with Gasteiger partial charge in [0.15, 0.2) is 0 Å². The molecule has 0 saturated heterocycles. The van der Waals surface area contributed by atoms with Crippen molar-refractivity contribution in [2.45, 2.75) is 46.1 Å². The highest BCUT2D eigenvalue weighted by Gasteiger charge is 2.09. The molecule has 0 aliphatic rings. The van der Waals surface area contributed by atoms with Crippen molar-refractivity contribution < 1.29 is 8.42 Å². The number of sulfone groups is 1. The molecule has 0 aliphatic heterocycles. The third kappa shape index (κ3) is 7.33. The van der Waals surface area contributed by atoms with Gasteiger partial charge in [0.25, 0.3) is 0 Å².